The lowest BCUT2D eigenvalue weighted by Gasteiger charge is -2.26. The minimum Gasteiger partial charge on any atom is -0.453 e. The van der Waals surface area contributed by atoms with Crippen LogP contribution in [0.1, 0.15) is 22.5 Å². The number of nitrogens with zero attached hydrogens (tertiary/aromatic N) is 6. The minimum absolute atomic E-state index is 0.343. The van der Waals surface area contributed by atoms with Crippen molar-refractivity contribution in [2.45, 2.75) is 13.0 Å². The molecule has 1 aromatic carbocycles. The highest BCUT2D eigenvalue weighted by Crippen LogP contribution is 2.29. The molecule has 0 bridgehead atoms. The maximum absolute atomic E-state index is 14.6. The Morgan fingerprint density at radius 1 is 1.08 bits per heavy atom. The molecule has 0 aliphatic carbocycles. The van der Waals surface area contributed by atoms with Crippen LogP contribution in [0.2, 0.25) is 5.02 Å². The number of hydrogen-bond acceptors (Lipinski definition) is 7. The van der Waals surface area contributed by atoms with E-state index in [0.717, 1.165) is 22.4 Å². The van der Waals surface area contributed by atoms with Gasteiger partial charge in [-0.25, -0.2) is 14.2 Å². The van der Waals surface area contributed by atoms with Crippen LogP contribution in [-0.4, -0.2) is 57.1 Å². The van der Waals surface area contributed by atoms with Gasteiger partial charge in [0.2, 0.25) is 0 Å². The largest absolute Gasteiger partial charge is 0.453 e. The number of allylic oxidation sites excluding steroid dienone is 1. The molecule has 0 unspecified atom stereocenters. The molecule has 0 atom stereocenters. The molecule has 0 saturated heterocycles. The smallest absolute Gasteiger partial charge is 0.409 e. The first kappa shape index (κ1) is 23.2. The molecule has 0 radical (unpaired) electrons. The first-order chi connectivity index (χ1) is 18.0. The molecule has 0 fully saturated rings. The van der Waals surface area contributed by atoms with Gasteiger partial charge in [0.1, 0.15) is 5.82 Å². The molecule has 2 aliphatic rings. The van der Waals surface area contributed by atoms with Crippen LogP contribution in [0.5, 0.6) is 0 Å². The number of hydrogen-bond donors (Lipinski definition) is 0. The van der Waals surface area contributed by atoms with Crippen LogP contribution in [0.4, 0.5) is 9.18 Å². The number of pyridine rings is 2. The van der Waals surface area contributed by atoms with Crippen molar-refractivity contribution in [3.63, 3.8) is 0 Å². The Morgan fingerprint density at radius 3 is 2.84 bits per heavy atom. The Labute approximate surface area is 216 Å². The molecule has 8 nitrogen and oxygen atoms in total. The van der Waals surface area contributed by atoms with E-state index in [9.17, 15) is 9.18 Å². The highest BCUT2D eigenvalue weighted by atomic mass is 35.5. The van der Waals surface area contributed by atoms with Crippen LogP contribution in [0, 0.1) is 5.82 Å². The van der Waals surface area contributed by atoms with Gasteiger partial charge >= 0.3 is 6.09 Å². The number of rotatable bonds is 3. The zero-order valence-corrected chi connectivity index (χ0v) is 20.5. The van der Waals surface area contributed by atoms with Gasteiger partial charge in [0.25, 0.3) is 0 Å². The van der Waals surface area contributed by atoms with Crippen LogP contribution in [0.15, 0.2) is 59.7 Å². The zero-order chi connectivity index (χ0) is 25.5. The second-order valence-electron chi connectivity index (χ2n) is 8.73. The van der Waals surface area contributed by atoms with Crippen LogP contribution in [0.25, 0.3) is 27.9 Å². The van der Waals surface area contributed by atoms with E-state index in [1.54, 1.807) is 17.2 Å². The van der Waals surface area contributed by atoms with Crippen LogP contribution in [-0.2, 0) is 17.7 Å². The third kappa shape index (κ3) is 4.31. The molecule has 0 N–H and O–H groups in total. The summed E-state index contributed by atoms with van der Waals surface area (Å²) < 4.78 is 19.4. The molecule has 184 valence electrons. The van der Waals surface area contributed by atoms with Crippen molar-refractivity contribution < 1.29 is 13.9 Å². The van der Waals surface area contributed by atoms with E-state index in [0.29, 0.717) is 64.8 Å². The van der Waals surface area contributed by atoms with Crippen LogP contribution >= 0.6 is 11.6 Å². The molecule has 0 spiro atoms. The average molecular weight is 515 g/mol. The van der Waals surface area contributed by atoms with Crippen molar-refractivity contribution >= 4 is 40.0 Å². The van der Waals surface area contributed by atoms with E-state index in [2.05, 4.69) is 20.2 Å². The molecule has 3 aromatic heterocycles. The fraction of sp³-hybridized carbons (Fsp3) is 0.185. The average Bonchev–Trinajstić information content (AvgIpc) is 3.42. The van der Waals surface area contributed by atoms with Gasteiger partial charge in [0.05, 0.1) is 54.0 Å². The van der Waals surface area contributed by atoms with Crippen molar-refractivity contribution in [3.8, 4) is 11.3 Å². The summed E-state index contributed by atoms with van der Waals surface area (Å²) in [4.78, 5) is 27.5. The molecular weight excluding hydrogens is 495 g/mol. The maximum atomic E-state index is 14.6. The van der Waals surface area contributed by atoms with Crippen molar-refractivity contribution in [2.75, 3.05) is 20.2 Å². The monoisotopic (exact) mass is 514 g/mol. The van der Waals surface area contributed by atoms with E-state index in [1.807, 2.05) is 30.3 Å². The summed E-state index contributed by atoms with van der Waals surface area (Å²) in [6, 6.07) is 12.0. The van der Waals surface area contributed by atoms with Gasteiger partial charge in [-0.05, 0) is 48.0 Å². The summed E-state index contributed by atoms with van der Waals surface area (Å²) >= 11 is 6.12. The fourth-order valence-corrected chi connectivity index (χ4v) is 4.77. The normalized spacial score (nSPS) is 14.8. The molecular formula is C27H20ClFN6O2. The number of aromatic nitrogens is 4. The standard InChI is InChI=1S/C27H20ClFN6O2/c1-37-27(36)35-9-7-21-16(14-35)11-24(34-33-21)15-10-25-23(31-13-15)5-4-22(32-25)18-6-8-30-26(18)19-12-17(28)2-3-20(19)29/h2-6,10-13H,7-9,14H2,1H3. The summed E-state index contributed by atoms with van der Waals surface area (Å²) in [6.07, 6.45) is 3.90. The Bertz CT molecular complexity index is 1640. The minimum atomic E-state index is -0.391. The van der Waals surface area contributed by atoms with Gasteiger partial charge < -0.3 is 9.64 Å². The van der Waals surface area contributed by atoms with Gasteiger partial charge in [-0.3, -0.25) is 9.98 Å². The number of fused-ring (bicyclic) bond motifs is 2. The van der Waals surface area contributed by atoms with Crippen molar-refractivity contribution in [2.24, 2.45) is 4.99 Å². The summed E-state index contributed by atoms with van der Waals surface area (Å²) in [5.41, 5.74) is 6.80. The van der Waals surface area contributed by atoms with Gasteiger partial charge in [-0.1, -0.05) is 17.7 Å². The predicted molar refractivity (Wildman–Crippen MR) is 138 cm³/mol. The first-order valence-corrected chi connectivity index (χ1v) is 12.0. The number of carbonyl (C=O) groups excluding carboxylic acids is 1. The highest BCUT2D eigenvalue weighted by molar-refractivity contribution is 6.35. The lowest BCUT2D eigenvalue weighted by atomic mass is 9.99. The molecule has 5 heterocycles. The number of halogens is 2. The Balaban J connectivity index is 1.34. The van der Waals surface area contributed by atoms with E-state index < -0.39 is 5.82 Å². The van der Waals surface area contributed by atoms with Crippen LogP contribution < -0.4 is 0 Å². The Hall–Kier alpha value is -4.24. The van der Waals surface area contributed by atoms with E-state index >= 15 is 0 Å². The lowest BCUT2D eigenvalue weighted by Crippen LogP contribution is -2.36. The van der Waals surface area contributed by atoms with Crippen molar-refractivity contribution in [3.05, 3.63) is 88.1 Å². The Morgan fingerprint density at radius 2 is 1.97 bits per heavy atom. The van der Waals surface area contributed by atoms with Gasteiger partial charge in [0.15, 0.2) is 0 Å². The van der Waals surface area contributed by atoms with Gasteiger partial charge in [-0.2, -0.15) is 10.2 Å². The third-order valence-electron chi connectivity index (χ3n) is 6.47. The SMILES string of the molecule is COC(=O)N1CCc2nnc(-c3cnc4ccc(C5=CCN=C5c5cc(Cl)ccc5F)nc4c3)cc2C1. The first-order valence-electron chi connectivity index (χ1n) is 11.7. The maximum Gasteiger partial charge on any atom is 0.409 e. The van der Waals surface area contributed by atoms with E-state index in [-0.39, 0.29) is 6.09 Å². The number of ether oxygens (including phenoxy) is 1. The second kappa shape index (κ2) is 9.33. The molecule has 4 aromatic rings. The van der Waals surface area contributed by atoms with E-state index in [4.69, 9.17) is 21.3 Å². The van der Waals surface area contributed by atoms with Crippen molar-refractivity contribution in [1.82, 2.24) is 25.1 Å². The predicted octanol–water partition coefficient (Wildman–Crippen LogP) is 4.89. The third-order valence-corrected chi connectivity index (χ3v) is 6.70. The molecule has 0 saturated carbocycles. The number of methoxy groups -OCH3 is 1. The lowest BCUT2D eigenvalue weighted by molar-refractivity contribution is 0.118. The molecule has 1 amide bonds. The molecule has 10 heteroatoms. The summed E-state index contributed by atoms with van der Waals surface area (Å²) in [7, 11) is 1.37. The topological polar surface area (TPSA) is 93.5 Å². The molecule has 2 aliphatic heterocycles. The number of carbonyl (C=O) groups is 1. The zero-order valence-electron chi connectivity index (χ0n) is 19.8. The van der Waals surface area contributed by atoms with Crippen LogP contribution in [0.3, 0.4) is 0 Å². The highest BCUT2D eigenvalue weighted by Gasteiger charge is 2.24. The fourth-order valence-electron chi connectivity index (χ4n) is 4.60. The quantitative estimate of drug-likeness (QED) is 0.386. The number of aliphatic imine (C=N–C) groups is 1. The van der Waals surface area contributed by atoms with Gasteiger partial charge in [-0.15, -0.1) is 0 Å². The summed E-state index contributed by atoms with van der Waals surface area (Å²) in [5.74, 6) is -0.391. The Kier molecular flexibility index (Phi) is 5.84. The van der Waals surface area contributed by atoms with Gasteiger partial charge in [0, 0.05) is 40.9 Å². The number of benzene rings is 1. The van der Waals surface area contributed by atoms with Crippen molar-refractivity contribution in [1.29, 1.82) is 0 Å². The second-order valence-corrected chi connectivity index (χ2v) is 9.17. The molecule has 37 heavy (non-hydrogen) atoms. The van der Waals surface area contributed by atoms with E-state index in [1.165, 1.54) is 19.2 Å². The molecule has 6 rings (SSSR count). The summed E-state index contributed by atoms with van der Waals surface area (Å²) in [6.45, 7) is 1.38. The number of amides is 1. The summed E-state index contributed by atoms with van der Waals surface area (Å²) in [5, 5.41) is 9.21.